The quantitative estimate of drug-likeness (QED) is 0.694. The fourth-order valence-corrected chi connectivity index (χ4v) is 1.27. The summed E-state index contributed by atoms with van der Waals surface area (Å²) < 4.78 is 7.06. The molecule has 4 heteroatoms. The SMILES string of the molecule is CCOCCN[C@@H](C)c1cnn(C)c1. The number of hydrogen-bond acceptors (Lipinski definition) is 3. The molecule has 1 heterocycles. The molecule has 4 nitrogen and oxygen atoms in total. The molecule has 0 spiro atoms. The van der Waals surface area contributed by atoms with Crippen molar-refractivity contribution in [2.75, 3.05) is 19.8 Å². The summed E-state index contributed by atoms with van der Waals surface area (Å²) in [5.74, 6) is 0. The first kappa shape index (κ1) is 11.2. The van der Waals surface area contributed by atoms with Crippen molar-refractivity contribution >= 4 is 0 Å². The van der Waals surface area contributed by atoms with Gasteiger partial charge in [0.15, 0.2) is 0 Å². The van der Waals surface area contributed by atoms with Crippen LogP contribution in [-0.4, -0.2) is 29.5 Å². The highest BCUT2D eigenvalue weighted by Gasteiger charge is 2.05. The van der Waals surface area contributed by atoms with E-state index in [-0.39, 0.29) is 0 Å². The summed E-state index contributed by atoms with van der Waals surface area (Å²) in [7, 11) is 1.93. The van der Waals surface area contributed by atoms with Crippen LogP contribution in [0.4, 0.5) is 0 Å². The molecule has 1 aromatic heterocycles. The first-order chi connectivity index (χ1) is 6.74. The van der Waals surface area contributed by atoms with E-state index < -0.39 is 0 Å². The number of aromatic nitrogens is 2. The molecule has 1 atom stereocenters. The summed E-state index contributed by atoms with van der Waals surface area (Å²) in [6.07, 6.45) is 3.91. The number of ether oxygens (including phenoxy) is 1. The van der Waals surface area contributed by atoms with Crippen LogP contribution in [0.1, 0.15) is 25.5 Å². The van der Waals surface area contributed by atoms with Crippen molar-refractivity contribution in [2.24, 2.45) is 7.05 Å². The van der Waals surface area contributed by atoms with E-state index in [1.165, 1.54) is 5.56 Å². The highest BCUT2D eigenvalue weighted by atomic mass is 16.5. The minimum Gasteiger partial charge on any atom is -0.380 e. The van der Waals surface area contributed by atoms with Crippen molar-refractivity contribution in [1.82, 2.24) is 15.1 Å². The van der Waals surface area contributed by atoms with Crippen LogP contribution in [-0.2, 0) is 11.8 Å². The van der Waals surface area contributed by atoms with Crippen LogP contribution in [0, 0.1) is 0 Å². The maximum absolute atomic E-state index is 5.24. The molecule has 0 aliphatic heterocycles. The molecule has 14 heavy (non-hydrogen) atoms. The zero-order chi connectivity index (χ0) is 10.4. The van der Waals surface area contributed by atoms with Crippen molar-refractivity contribution in [1.29, 1.82) is 0 Å². The molecule has 0 aliphatic carbocycles. The summed E-state index contributed by atoms with van der Waals surface area (Å²) in [6, 6.07) is 0.337. The average molecular weight is 197 g/mol. The van der Waals surface area contributed by atoms with Gasteiger partial charge in [0, 0.05) is 38.0 Å². The summed E-state index contributed by atoms with van der Waals surface area (Å²) in [5.41, 5.74) is 1.21. The molecular weight excluding hydrogens is 178 g/mol. The Hall–Kier alpha value is -0.870. The Labute approximate surface area is 85.3 Å². The maximum Gasteiger partial charge on any atom is 0.0590 e. The van der Waals surface area contributed by atoms with Crippen LogP contribution in [0.25, 0.3) is 0 Å². The highest BCUT2D eigenvalue weighted by Crippen LogP contribution is 2.09. The van der Waals surface area contributed by atoms with Crippen LogP contribution in [0.15, 0.2) is 12.4 Å². The Kier molecular flexibility index (Phi) is 4.62. The van der Waals surface area contributed by atoms with E-state index in [2.05, 4.69) is 17.3 Å². The van der Waals surface area contributed by atoms with Gasteiger partial charge in [-0.05, 0) is 13.8 Å². The third-order valence-electron chi connectivity index (χ3n) is 2.13. The van der Waals surface area contributed by atoms with Crippen molar-refractivity contribution < 1.29 is 4.74 Å². The molecule has 1 N–H and O–H groups in total. The fourth-order valence-electron chi connectivity index (χ4n) is 1.27. The van der Waals surface area contributed by atoms with Crippen LogP contribution in [0.2, 0.25) is 0 Å². The lowest BCUT2D eigenvalue weighted by Crippen LogP contribution is -2.23. The third-order valence-corrected chi connectivity index (χ3v) is 2.13. The van der Waals surface area contributed by atoms with Crippen molar-refractivity contribution in [2.45, 2.75) is 19.9 Å². The minimum absolute atomic E-state index is 0.337. The van der Waals surface area contributed by atoms with E-state index in [9.17, 15) is 0 Å². The summed E-state index contributed by atoms with van der Waals surface area (Å²) in [4.78, 5) is 0. The Bertz CT molecular complexity index is 260. The van der Waals surface area contributed by atoms with Gasteiger partial charge in [0.2, 0.25) is 0 Å². The topological polar surface area (TPSA) is 39.1 Å². The monoisotopic (exact) mass is 197 g/mol. The fraction of sp³-hybridized carbons (Fsp3) is 0.700. The second-order valence-electron chi connectivity index (χ2n) is 3.32. The Morgan fingerprint density at radius 1 is 1.64 bits per heavy atom. The Morgan fingerprint density at radius 2 is 2.43 bits per heavy atom. The van der Waals surface area contributed by atoms with Gasteiger partial charge in [-0.15, -0.1) is 0 Å². The number of rotatable bonds is 6. The number of hydrogen-bond donors (Lipinski definition) is 1. The van der Waals surface area contributed by atoms with Crippen LogP contribution in [0.3, 0.4) is 0 Å². The van der Waals surface area contributed by atoms with Crippen molar-refractivity contribution in [3.05, 3.63) is 18.0 Å². The van der Waals surface area contributed by atoms with Gasteiger partial charge >= 0.3 is 0 Å². The van der Waals surface area contributed by atoms with E-state index in [0.717, 1.165) is 19.8 Å². The number of nitrogens with one attached hydrogen (secondary N) is 1. The summed E-state index contributed by atoms with van der Waals surface area (Å²) in [6.45, 7) is 6.56. The van der Waals surface area contributed by atoms with Gasteiger partial charge < -0.3 is 10.1 Å². The van der Waals surface area contributed by atoms with E-state index >= 15 is 0 Å². The van der Waals surface area contributed by atoms with Gasteiger partial charge in [-0.2, -0.15) is 5.10 Å². The summed E-state index contributed by atoms with van der Waals surface area (Å²) in [5, 5.41) is 7.50. The maximum atomic E-state index is 5.24. The molecule has 0 saturated heterocycles. The molecule has 1 rings (SSSR count). The molecule has 0 fully saturated rings. The zero-order valence-corrected chi connectivity index (χ0v) is 9.16. The van der Waals surface area contributed by atoms with Gasteiger partial charge in [0.25, 0.3) is 0 Å². The van der Waals surface area contributed by atoms with E-state index in [0.29, 0.717) is 6.04 Å². The molecule has 1 aromatic rings. The average Bonchev–Trinajstić information content (AvgIpc) is 2.59. The van der Waals surface area contributed by atoms with Gasteiger partial charge in [0.1, 0.15) is 0 Å². The predicted octanol–water partition coefficient (Wildman–Crippen LogP) is 1.11. The van der Waals surface area contributed by atoms with Gasteiger partial charge in [-0.25, -0.2) is 0 Å². The van der Waals surface area contributed by atoms with Gasteiger partial charge in [0.05, 0.1) is 12.8 Å². The highest BCUT2D eigenvalue weighted by molar-refractivity contribution is 5.08. The van der Waals surface area contributed by atoms with Gasteiger partial charge in [-0.1, -0.05) is 0 Å². The first-order valence-electron chi connectivity index (χ1n) is 5.03. The zero-order valence-electron chi connectivity index (χ0n) is 9.16. The van der Waals surface area contributed by atoms with Crippen LogP contribution < -0.4 is 5.32 Å². The molecule has 0 radical (unpaired) electrons. The molecule has 0 saturated carbocycles. The molecule has 0 unspecified atom stereocenters. The lowest BCUT2D eigenvalue weighted by atomic mass is 10.2. The lowest BCUT2D eigenvalue weighted by molar-refractivity contribution is 0.147. The van der Waals surface area contributed by atoms with E-state index in [1.54, 1.807) is 0 Å². The molecule has 80 valence electrons. The summed E-state index contributed by atoms with van der Waals surface area (Å²) >= 11 is 0. The van der Waals surface area contributed by atoms with Crippen molar-refractivity contribution in [3.8, 4) is 0 Å². The molecule has 0 amide bonds. The largest absolute Gasteiger partial charge is 0.380 e. The predicted molar refractivity (Wildman–Crippen MR) is 56.1 cm³/mol. The first-order valence-corrected chi connectivity index (χ1v) is 5.03. The van der Waals surface area contributed by atoms with Crippen molar-refractivity contribution in [3.63, 3.8) is 0 Å². The lowest BCUT2D eigenvalue weighted by Gasteiger charge is -2.11. The number of nitrogens with zero attached hydrogens (tertiary/aromatic N) is 2. The number of aryl methyl sites for hydroxylation is 1. The Morgan fingerprint density at radius 3 is 3.00 bits per heavy atom. The van der Waals surface area contributed by atoms with E-state index in [4.69, 9.17) is 4.74 Å². The van der Waals surface area contributed by atoms with E-state index in [1.807, 2.05) is 31.0 Å². The smallest absolute Gasteiger partial charge is 0.0590 e. The molecule has 0 aliphatic rings. The molecular formula is C10H19N3O. The minimum atomic E-state index is 0.337. The third kappa shape index (κ3) is 3.47. The second kappa shape index (κ2) is 5.78. The second-order valence-corrected chi connectivity index (χ2v) is 3.32. The standard InChI is InChI=1S/C10H19N3O/c1-4-14-6-5-11-9(2)10-7-12-13(3)8-10/h7-9,11H,4-6H2,1-3H3/t9-/m0/s1. The van der Waals surface area contributed by atoms with Crippen LogP contribution in [0.5, 0.6) is 0 Å². The van der Waals surface area contributed by atoms with Crippen LogP contribution >= 0.6 is 0 Å². The molecule has 0 bridgehead atoms. The normalized spacial score (nSPS) is 13.1. The molecule has 0 aromatic carbocycles. The Balaban J connectivity index is 2.25. The van der Waals surface area contributed by atoms with Gasteiger partial charge in [-0.3, -0.25) is 4.68 Å².